The van der Waals surface area contributed by atoms with Crippen LogP contribution in [-0.4, -0.2) is 61.7 Å². The zero-order valence-electron chi connectivity index (χ0n) is 17.5. The molecule has 0 radical (unpaired) electrons. The quantitative estimate of drug-likeness (QED) is 0.655. The minimum atomic E-state index is -3.63. The van der Waals surface area contributed by atoms with Gasteiger partial charge in [0.1, 0.15) is 10.3 Å². The molecule has 1 N–H and O–H groups in total. The molecule has 1 fully saturated rings. The number of carbonyl (C=O) groups is 2. The molecule has 0 spiro atoms. The summed E-state index contributed by atoms with van der Waals surface area (Å²) >= 11 is 6.90. The average Bonchev–Trinajstić information content (AvgIpc) is 3.24. The van der Waals surface area contributed by atoms with Crippen molar-refractivity contribution in [3.8, 4) is 0 Å². The van der Waals surface area contributed by atoms with E-state index in [4.69, 9.17) is 11.6 Å². The Bertz CT molecular complexity index is 1020. The number of sulfonamides is 1. The Morgan fingerprint density at radius 1 is 1.10 bits per heavy atom. The molecule has 168 valence electrons. The molecule has 1 saturated heterocycles. The Balaban J connectivity index is 1.67. The van der Waals surface area contributed by atoms with Gasteiger partial charge in [-0.3, -0.25) is 9.59 Å². The molecule has 2 atom stereocenters. The lowest BCUT2D eigenvalue weighted by atomic mass is 9.97. The van der Waals surface area contributed by atoms with Crippen molar-refractivity contribution in [3.63, 3.8) is 0 Å². The molecule has 2 amide bonds. The number of benzene rings is 1. The van der Waals surface area contributed by atoms with Crippen molar-refractivity contribution in [1.82, 2.24) is 14.5 Å². The lowest BCUT2D eigenvalue weighted by molar-refractivity contribution is -0.135. The number of hydrogen-bond acceptors (Lipinski definition) is 5. The van der Waals surface area contributed by atoms with Crippen LogP contribution in [0.5, 0.6) is 0 Å². The number of piperazine rings is 1. The first-order chi connectivity index (χ1) is 14.7. The van der Waals surface area contributed by atoms with Crippen LogP contribution in [0.2, 0.25) is 4.34 Å². The van der Waals surface area contributed by atoms with E-state index in [1.165, 1.54) is 10.4 Å². The van der Waals surface area contributed by atoms with Gasteiger partial charge in [-0.15, -0.1) is 11.3 Å². The van der Waals surface area contributed by atoms with Gasteiger partial charge in [-0.25, -0.2) is 8.42 Å². The highest BCUT2D eigenvalue weighted by Crippen LogP contribution is 2.28. The summed E-state index contributed by atoms with van der Waals surface area (Å²) in [5, 5.41) is 2.88. The van der Waals surface area contributed by atoms with Crippen LogP contribution in [0, 0.1) is 5.92 Å². The van der Waals surface area contributed by atoms with Gasteiger partial charge in [0, 0.05) is 31.7 Å². The second-order valence-electron chi connectivity index (χ2n) is 7.49. The number of nitrogens with zero attached hydrogens (tertiary/aromatic N) is 2. The van der Waals surface area contributed by atoms with Crippen LogP contribution in [0.3, 0.4) is 0 Å². The highest BCUT2D eigenvalue weighted by molar-refractivity contribution is 7.91. The lowest BCUT2D eigenvalue weighted by Crippen LogP contribution is -2.57. The van der Waals surface area contributed by atoms with E-state index in [1.54, 1.807) is 35.2 Å². The van der Waals surface area contributed by atoms with E-state index in [1.807, 2.05) is 19.9 Å². The monoisotopic (exact) mass is 483 g/mol. The van der Waals surface area contributed by atoms with E-state index in [0.717, 1.165) is 17.8 Å². The van der Waals surface area contributed by atoms with Gasteiger partial charge in [0.25, 0.3) is 15.9 Å². The number of amides is 2. The van der Waals surface area contributed by atoms with Crippen LogP contribution in [-0.2, 0) is 14.8 Å². The first kappa shape index (κ1) is 23.7. The number of rotatable bonds is 7. The van der Waals surface area contributed by atoms with Gasteiger partial charge in [-0.05, 0) is 30.2 Å². The smallest absolute Gasteiger partial charge is 0.252 e. The molecule has 2 aromatic rings. The van der Waals surface area contributed by atoms with Gasteiger partial charge in [0.15, 0.2) is 0 Å². The summed E-state index contributed by atoms with van der Waals surface area (Å²) in [4.78, 5) is 27.5. The van der Waals surface area contributed by atoms with Gasteiger partial charge in [0.2, 0.25) is 5.91 Å². The minimum absolute atomic E-state index is 0.0600. The van der Waals surface area contributed by atoms with Gasteiger partial charge < -0.3 is 10.2 Å². The van der Waals surface area contributed by atoms with E-state index >= 15 is 0 Å². The normalized spacial score (nSPS) is 17.2. The maximum absolute atomic E-state index is 13.2. The van der Waals surface area contributed by atoms with Crippen molar-refractivity contribution in [2.75, 3.05) is 26.2 Å². The number of hydrogen-bond donors (Lipinski definition) is 1. The molecule has 3 rings (SSSR count). The number of halogens is 1. The van der Waals surface area contributed by atoms with Gasteiger partial charge in [0.05, 0.1) is 4.34 Å². The predicted octanol–water partition coefficient (Wildman–Crippen LogP) is 3.08. The molecule has 2 heterocycles. The van der Waals surface area contributed by atoms with E-state index < -0.39 is 16.1 Å². The van der Waals surface area contributed by atoms with Crippen molar-refractivity contribution in [2.24, 2.45) is 5.92 Å². The Morgan fingerprint density at radius 3 is 2.29 bits per heavy atom. The first-order valence-corrected chi connectivity index (χ1v) is 12.8. The van der Waals surface area contributed by atoms with E-state index in [-0.39, 0.29) is 48.1 Å². The zero-order chi connectivity index (χ0) is 22.6. The molecule has 1 aliphatic heterocycles. The van der Waals surface area contributed by atoms with Crippen molar-refractivity contribution in [3.05, 3.63) is 52.4 Å². The second-order valence-corrected chi connectivity index (χ2v) is 11.4. The molecule has 31 heavy (non-hydrogen) atoms. The largest absolute Gasteiger partial charge is 0.340 e. The van der Waals surface area contributed by atoms with E-state index in [2.05, 4.69) is 5.32 Å². The lowest BCUT2D eigenvalue weighted by Gasteiger charge is -2.36. The fourth-order valence-corrected chi connectivity index (χ4v) is 6.47. The molecule has 1 aromatic heterocycles. The highest BCUT2D eigenvalue weighted by Gasteiger charge is 2.35. The molecular formula is C21H26ClN3O4S2. The Hall–Kier alpha value is -1.94. The second kappa shape index (κ2) is 10.1. The third-order valence-electron chi connectivity index (χ3n) is 5.49. The third kappa shape index (κ3) is 5.46. The van der Waals surface area contributed by atoms with Crippen LogP contribution >= 0.6 is 22.9 Å². The standard InChI is InChI=1S/C21H26ClN3O4S2/c1-3-15(2)19(23-20(26)16-7-5-4-6-8-16)21(27)24-11-13-25(14-12-24)31(28,29)18-10-9-17(22)30-18/h4-10,15,19H,3,11-14H2,1-2H3,(H,23,26)/t15-,19-/m0/s1. The predicted molar refractivity (Wildman–Crippen MR) is 122 cm³/mol. The Labute approximate surface area is 192 Å². The third-order valence-corrected chi connectivity index (χ3v) is 9.09. The fourth-order valence-electron chi connectivity index (χ4n) is 3.41. The van der Waals surface area contributed by atoms with E-state index in [9.17, 15) is 18.0 Å². The maximum Gasteiger partial charge on any atom is 0.252 e. The van der Waals surface area contributed by atoms with Crippen LogP contribution in [0.25, 0.3) is 0 Å². The molecule has 1 aliphatic rings. The summed E-state index contributed by atoms with van der Waals surface area (Å²) in [6, 6.07) is 11.2. The van der Waals surface area contributed by atoms with Gasteiger partial charge in [-0.1, -0.05) is 50.1 Å². The summed E-state index contributed by atoms with van der Waals surface area (Å²) in [5.41, 5.74) is 0.495. The number of nitrogens with one attached hydrogen (secondary N) is 1. The van der Waals surface area contributed by atoms with Crippen molar-refractivity contribution in [2.45, 2.75) is 30.5 Å². The van der Waals surface area contributed by atoms with Crippen molar-refractivity contribution < 1.29 is 18.0 Å². The summed E-state index contributed by atoms with van der Waals surface area (Å²) in [6.07, 6.45) is 0.721. The zero-order valence-corrected chi connectivity index (χ0v) is 19.8. The van der Waals surface area contributed by atoms with Crippen molar-refractivity contribution >= 4 is 44.8 Å². The SMILES string of the molecule is CC[C@H](C)[C@H](NC(=O)c1ccccc1)C(=O)N1CCN(S(=O)(=O)c2ccc(Cl)s2)CC1. The molecule has 7 nitrogen and oxygen atoms in total. The van der Waals surface area contributed by atoms with Crippen LogP contribution in [0.15, 0.2) is 46.7 Å². The fraction of sp³-hybridized carbons (Fsp3) is 0.429. The highest BCUT2D eigenvalue weighted by atomic mass is 35.5. The Kier molecular flexibility index (Phi) is 7.74. The summed E-state index contributed by atoms with van der Waals surface area (Å²) in [7, 11) is -3.63. The average molecular weight is 484 g/mol. The molecule has 0 bridgehead atoms. The molecular weight excluding hydrogens is 458 g/mol. The van der Waals surface area contributed by atoms with Crippen LogP contribution in [0.4, 0.5) is 0 Å². The first-order valence-electron chi connectivity index (χ1n) is 10.1. The molecule has 1 aromatic carbocycles. The number of thiophene rings is 1. The topological polar surface area (TPSA) is 86.8 Å². The van der Waals surface area contributed by atoms with Gasteiger partial charge >= 0.3 is 0 Å². The summed E-state index contributed by atoms with van der Waals surface area (Å²) in [6.45, 7) is 4.83. The number of carbonyl (C=O) groups excluding carboxylic acids is 2. The van der Waals surface area contributed by atoms with Crippen molar-refractivity contribution in [1.29, 1.82) is 0 Å². The maximum atomic E-state index is 13.2. The summed E-state index contributed by atoms with van der Waals surface area (Å²) < 4.78 is 27.6. The Morgan fingerprint density at radius 2 is 1.74 bits per heavy atom. The van der Waals surface area contributed by atoms with Crippen LogP contribution < -0.4 is 5.32 Å². The molecule has 0 saturated carbocycles. The molecule has 0 aliphatic carbocycles. The van der Waals surface area contributed by atoms with Gasteiger partial charge in [-0.2, -0.15) is 4.31 Å². The van der Waals surface area contributed by atoms with Crippen LogP contribution in [0.1, 0.15) is 30.6 Å². The van der Waals surface area contributed by atoms with E-state index in [0.29, 0.717) is 9.90 Å². The molecule has 10 heteroatoms. The minimum Gasteiger partial charge on any atom is -0.340 e. The molecule has 0 unspecified atom stereocenters. The summed E-state index contributed by atoms with van der Waals surface area (Å²) in [5.74, 6) is -0.542.